The first-order valence-corrected chi connectivity index (χ1v) is 8.65. The van der Waals surface area contributed by atoms with Crippen LogP contribution in [-0.4, -0.2) is 29.0 Å². The molecule has 23 heavy (non-hydrogen) atoms. The van der Waals surface area contributed by atoms with E-state index in [1.54, 1.807) is 6.08 Å². The van der Waals surface area contributed by atoms with Crippen LogP contribution in [0.2, 0.25) is 0 Å². The Bertz CT molecular complexity index is 519. The maximum atomic E-state index is 12.5. The summed E-state index contributed by atoms with van der Waals surface area (Å²) in [7, 11) is 0. The van der Waals surface area contributed by atoms with Crippen LogP contribution < -0.4 is 0 Å². The van der Waals surface area contributed by atoms with Gasteiger partial charge in [-0.1, -0.05) is 36.5 Å². The number of hydrogen-bond acceptors (Lipinski definition) is 5. The molecule has 2 rings (SSSR count). The first kappa shape index (κ1) is 17.9. The van der Waals surface area contributed by atoms with Gasteiger partial charge in [-0.3, -0.25) is 0 Å². The number of aliphatic hydroxyl groups excluding tert-OH is 1. The Morgan fingerprint density at radius 3 is 2.78 bits per heavy atom. The Morgan fingerprint density at radius 1 is 1.43 bits per heavy atom. The number of nitrogens with zero attached hydrogens (tertiary/aromatic N) is 1. The lowest BCUT2D eigenvalue weighted by Gasteiger charge is -2.39. The van der Waals surface area contributed by atoms with Gasteiger partial charge in [0.2, 0.25) is 0 Å². The van der Waals surface area contributed by atoms with Crippen molar-refractivity contribution in [2.75, 3.05) is 6.61 Å². The largest absolute Gasteiger partial charge is 0.511 e. The van der Waals surface area contributed by atoms with Crippen LogP contribution in [0.25, 0.3) is 0 Å². The number of aliphatic hydroxyl groups is 1. The van der Waals surface area contributed by atoms with E-state index in [1.807, 2.05) is 6.92 Å². The third-order valence-corrected chi connectivity index (χ3v) is 4.44. The zero-order valence-electron chi connectivity index (χ0n) is 13.5. The van der Waals surface area contributed by atoms with Crippen LogP contribution in [0.4, 0.5) is 0 Å². The van der Waals surface area contributed by atoms with Crippen LogP contribution in [0.3, 0.4) is 0 Å². The lowest BCUT2D eigenvalue weighted by atomic mass is 9.79. The van der Waals surface area contributed by atoms with Crippen molar-refractivity contribution in [3.8, 4) is 0 Å². The topological polar surface area (TPSA) is 68.1 Å². The predicted octanol–water partition coefficient (Wildman–Crippen LogP) is 4.37. The molecule has 6 heteroatoms. The molecule has 5 nitrogen and oxygen atoms in total. The Hall–Kier alpha value is -1.49. The first-order chi connectivity index (χ1) is 11.1. The molecule has 0 bridgehead atoms. The molecule has 0 amide bonds. The Kier molecular flexibility index (Phi) is 6.51. The molecule has 0 aromatic carbocycles. The first-order valence-electron chi connectivity index (χ1n) is 8.22. The summed E-state index contributed by atoms with van der Waals surface area (Å²) < 4.78 is 5.72. The van der Waals surface area contributed by atoms with Crippen molar-refractivity contribution >= 4 is 23.3 Å². The van der Waals surface area contributed by atoms with Gasteiger partial charge in [0.25, 0.3) is 0 Å². The average Bonchev–Trinajstić information content (AvgIpc) is 2.51. The highest BCUT2D eigenvalue weighted by atomic mass is 35.5. The van der Waals surface area contributed by atoms with Crippen molar-refractivity contribution in [2.45, 2.75) is 63.9 Å². The van der Waals surface area contributed by atoms with Crippen LogP contribution in [0.1, 0.15) is 58.3 Å². The summed E-state index contributed by atoms with van der Waals surface area (Å²) >= 11 is 5.42. The lowest BCUT2D eigenvalue weighted by molar-refractivity contribution is -0.161. The van der Waals surface area contributed by atoms with Gasteiger partial charge in [-0.05, 0) is 38.2 Å². The molecule has 1 aliphatic heterocycles. The Balaban J connectivity index is 2.20. The van der Waals surface area contributed by atoms with E-state index in [9.17, 15) is 9.90 Å². The van der Waals surface area contributed by atoms with Crippen molar-refractivity contribution in [1.82, 2.24) is 0 Å². The molecule has 128 valence electrons. The van der Waals surface area contributed by atoms with Gasteiger partial charge < -0.3 is 14.7 Å². The molecular weight excluding hydrogens is 318 g/mol. The molecule has 0 unspecified atom stereocenters. The van der Waals surface area contributed by atoms with Crippen molar-refractivity contribution in [3.63, 3.8) is 0 Å². The lowest BCUT2D eigenvalue weighted by Crippen LogP contribution is -2.43. The molecule has 0 atom stereocenters. The monoisotopic (exact) mass is 341 g/mol. The minimum absolute atomic E-state index is 0.0758. The fraction of sp³-hybridized carbons (Fsp3) is 0.647. The summed E-state index contributed by atoms with van der Waals surface area (Å²) in [6.07, 6.45) is 8.12. The van der Waals surface area contributed by atoms with E-state index < -0.39 is 11.6 Å². The average molecular weight is 342 g/mol. The molecule has 0 radical (unpaired) electrons. The van der Waals surface area contributed by atoms with Gasteiger partial charge in [-0.2, -0.15) is 0 Å². The summed E-state index contributed by atoms with van der Waals surface area (Å²) in [5.41, 5.74) is 1.41. The molecule has 1 N–H and O–H groups in total. The van der Waals surface area contributed by atoms with E-state index in [2.05, 4.69) is 5.16 Å². The molecule has 1 saturated carbocycles. The van der Waals surface area contributed by atoms with E-state index in [0.29, 0.717) is 18.6 Å². The molecule has 1 aliphatic carbocycles. The summed E-state index contributed by atoms with van der Waals surface area (Å²) in [4.78, 5) is 17.6. The quantitative estimate of drug-likeness (QED) is 0.337. The van der Waals surface area contributed by atoms with Gasteiger partial charge in [0, 0.05) is 12.0 Å². The molecule has 0 aromatic rings. The van der Waals surface area contributed by atoms with Crippen LogP contribution in [0.5, 0.6) is 0 Å². The fourth-order valence-corrected chi connectivity index (χ4v) is 3.27. The van der Waals surface area contributed by atoms with E-state index in [4.69, 9.17) is 21.2 Å². The Labute approximate surface area is 142 Å². The van der Waals surface area contributed by atoms with Crippen LogP contribution in [0.15, 0.2) is 28.1 Å². The van der Waals surface area contributed by atoms with Crippen LogP contribution in [0, 0.1) is 0 Å². The molecule has 0 saturated heterocycles. The number of hydrogen-bond donors (Lipinski definition) is 1. The number of oxime groups is 1. The van der Waals surface area contributed by atoms with E-state index in [-0.39, 0.29) is 17.9 Å². The van der Waals surface area contributed by atoms with Gasteiger partial charge in [-0.15, -0.1) is 0 Å². The number of halogens is 1. The second kappa shape index (κ2) is 8.39. The maximum absolute atomic E-state index is 12.5. The summed E-state index contributed by atoms with van der Waals surface area (Å²) in [5, 5.41) is 14.5. The van der Waals surface area contributed by atoms with Gasteiger partial charge in [0.1, 0.15) is 23.5 Å². The summed E-state index contributed by atoms with van der Waals surface area (Å²) in [6, 6.07) is 0. The molecule has 2 aliphatic rings. The molecule has 0 aromatic heterocycles. The minimum Gasteiger partial charge on any atom is -0.511 e. The number of carbonyl (C=O) groups is 1. The fourth-order valence-electron chi connectivity index (χ4n) is 3.20. The van der Waals surface area contributed by atoms with Crippen molar-refractivity contribution in [3.05, 3.63) is 22.9 Å². The highest BCUT2D eigenvalue weighted by molar-refractivity contribution is 6.25. The second-order valence-electron chi connectivity index (χ2n) is 6.08. The standard InChI is InChI=1S/C17H24ClNO4/c1-2-7-13(19-22-11-6-10-18)15-14(20)12-17(23-16(15)21)8-4-3-5-9-17/h6,10,20H,2-5,7-9,11-12H2,1H3. The number of ether oxygens (including phenoxy) is 1. The number of carbonyl (C=O) groups excluding carboxylic acids is 1. The van der Waals surface area contributed by atoms with Crippen molar-refractivity contribution < 1.29 is 19.5 Å². The molecular formula is C17H24ClNO4. The smallest absolute Gasteiger partial charge is 0.344 e. The zero-order valence-corrected chi connectivity index (χ0v) is 14.3. The van der Waals surface area contributed by atoms with Crippen LogP contribution >= 0.6 is 11.6 Å². The van der Waals surface area contributed by atoms with Gasteiger partial charge in [0.05, 0.1) is 5.71 Å². The normalized spacial score (nSPS) is 21.8. The highest BCUT2D eigenvalue weighted by Gasteiger charge is 2.43. The van der Waals surface area contributed by atoms with E-state index in [1.165, 1.54) is 5.54 Å². The van der Waals surface area contributed by atoms with Crippen molar-refractivity contribution in [2.24, 2.45) is 5.16 Å². The maximum Gasteiger partial charge on any atom is 0.344 e. The number of rotatable bonds is 6. The third-order valence-electron chi connectivity index (χ3n) is 4.27. The predicted molar refractivity (Wildman–Crippen MR) is 89.5 cm³/mol. The Morgan fingerprint density at radius 2 is 2.17 bits per heavy atom. The summed E-state index contributed by atoms with van der Waals surface area (Å²) in [5.74, 6) is -0.411. The minimum atomic E-state index is -0.525. The van der Waals surface area contributed by atoms with Crippen LogP contribution in [-0.2, 0) is 14.4 Å². The van der Waals surface area contributed by atoms with Crippen molar-refractivity contribution in [1.29, 1.82) is 0 Å². The number of esters is 1. The second-order valence-corrected chi connectivity index (χ2v) is 6.33. The molecule has 1 fully saturated rings. The third kappa shape index (κ3) is 4.50. The van der Waals surface area contributed by atoms with Gasteiger partial charge in [-0.25, -0.2) is 4.79 Å². The zero-order chi connectivity index (χ0) is 16.7. The van der Waals surface area contributed by atoms with Gasteiger partial charge in [0.15, 0.2) is 0 Å². The van der Waals surface area contributed by atoms with E-state index >= 15 is 0 Å². The van der Waals surface area contributed by atoms with Gasteiger partial charge >= 0.3 is 5.97 Å². The SMILES string of the molecule is CCCC(=NOCC=CCl)C1=C(O)CC2(CCCCC2)OC1=O. The molecule has 1 spiro atoms. The highest BCUT2D eigenvalue weighted by Crippen LogP contribution is 2.40. The van der Waals surface area contributed by atoms with E-state index in [0.717, 1.165) is 38.5 Å². The molecule has 1 heterocycles. The summed E-state index contributed by atoms with van der Waals surface area (Å²) in [6.45, 7) is 2.19.